The number of rotatable bonds is 19. The molecule has 0 spiro atoms. The summed E-state index contributed by atoms with van der Waals surface area (Å²) in [7, 11) is 0. The third kappa shape index (κ3) is 16.2. The fraction of sp³-hybridized carbons (Fsp3) is 0.923. The summed E-state index contributed by atoms with van der Waals surface area (Å²) in [5.41, 5.74) is 0. The van der Waals surface area contributed by atoms with Crippen LogP contribution < -0.4 is 34.7 Å². The Morgan fingerprint density at radius 2 is 1.06 bits per heavy atom. The van der Waals surface area contributed by atoms with Gasteiger partial charge in [-0.1, -0.05) is 116 Å². The van der Waals surface area contributed by atoms with E-state index in [0.717, 1.165) is 25.7 Å². The zero-order chi connectivity index (χ0) is 21.9. The van der Waals surface area contributed by atoms with Crippen LogP contribution in [0.25, 0.3) is 0 Å². The normalized spacial score (nSPS) is 18.4. The minimum Gasteiger partial charge on any atom is -0.550 e. The maximum absolute atomic E-state index is 12.2. The average molecular weight is 447 g/mol. The van der Waals surface area contributed by atoms with Crippen LogP contribution in [0.4, 0.5) is 0 Å². The molecule has 5 heteroatoms. The molecule has 0 N–H and O–H groups in total. The van der Waals surface area contributed by atoms with Gasteiger partial charge in [-0.2, -0.15) is 0 Å². The third-order valence-electron chi connectivity index (χ3n) is 6.61. The maximum Gasteiger partial charge on any atom is 1.00 e. The molecule has 0 aromatic rings. The van der Waals surface area contributed by atoms with E-state index < -0.39 is 17.8 Å². The summed E-state index contributed by atoms with van der Waals surface area (Å²) in [6.07, 6.45) is 24.0. The molecular formula is C26H47NaO4. The number of carbonyl (C=O) groups is 2. The van der Waals surface area contributed by atoms with E-state index in [1.54, 1.807) is 0 Å². The van der Waals surface area contributed by atoms with Crippen molar-refractivity contribution >= 4 is 11.9 Å². The van der Waals surface area contributed by atoms with Crippen molar-refractivity contribution in [2.75, 3.05) is 6.61 Å². The quantitative estimate of drug-likeness (QED) is 0.173. The molecule has 0 saturated heterocycles. The first-order chi connectivity index (χ1) is 14.7. The summed E-state index contributed by atoms with van der Waals surface area (Å²) in [5.74, 6) is -2.58. The molecule has 176 valence electrons. The van der Waals surface area contributed by atoms with Gasteiger partial charge in [0.15, 0.2) is 0 Å². The van der Waals surface area contributed by atoms with Gasteiger partial charge < -0.3 is 14.6 Å². The van der Waals surface area contributed by atoms with E-state index in [-0.39, 0.29) is 35.5 Å². The first kappa shape index (κ1) is 30.9. The van der Waals surface area contributed by atoms with Crippen molar-refractivity contribution in [1.29, 1.82) is 0 Å². The molecule has 0 heterocycles. The van der Waals surface area contributed by atoms with Gasteiger partial charge in [0.05, 0.1) is 12.5 Å². The Morgan fingerprint density at radius 1 is 0.677 bits per heavy atom. The van der Waals surface area contributed by atoms with E-state index in [9.17, 15) is 14.7 Å². The van der Waals surface area contributed by atoms with E-state index >= 15 is 0 Å². The monoisotopic (exact) mass is 446 g/mol. The molecule has 0 aliphatic heterocycles. The standard InChI is InChI=1S/C26H48O4.Na/c1-2-3-4-5-6-7-8-9-10-11-12-13-14-15-16-19-22-30-26(29)24-21-18-17-20-23(24)25(27)28;/h23-24H,2-22H2,1H3,(H,27,28);/q;+1/p-1. The fourth-order valence-electron chi connectivity index (χ4n) is 4.63. The number of carbonyl (C=O) groups excluding carboxylic acids is 2. The van der Waals surface area contributed by atoms with Gasteiger partial charge >= 0.3 is 35.5 Å². The van der Waals surface area contributed by atoms with Crippen LogP contribution in [0.15, 0.2) is 0 Å². The Kier molecular flexibility index (Phi) is 21.7. The van der Waals surface area contributed by atoms with E-state index in [4.69, 9.17) is 4.74 Å². The van der Waals surface area contributed by atoms with E-state index in [2.05, 4.69) is 6.92 Å². The molecule has 0 aromatic carbocycles. The summed E-state index contributed by atoms with van der Waals surface area (Å²) in [5, 5.41) is 11.2. The summed E-state index contributed by atoms with van der Waals surface area (Å²) >= 11 is 0. The number of aliphatic carboxylic acids is 1. The molecule has 2 atom stereocenters. The zero-order valence-electron chi connectivity index (χ0n) is 20.6. The number of ether oxygens (including phenoxy) is 1. The molecule has 1 aliphatic carbocycles. The molecule has 1 aliphatic rings. The molecule has 0 aromatic heterocycles. The predicted octanol–water partition coefficient (Wildman–Crippen LogP) is 3.35. The molecule has 2 unspecified atom stereocenters. The van der Waals surface area contributed by atoms with Crippen LogP contribution in [-0.2, 0) is 14.3 Å². The molecule has 31 heavy (non-hydrogen) atoms. The van der Waals surface area contributed by atoms with Gasteiger partial charge in [0, 0.05) is 11.9 Å². The van der Waals surface area contributed by atoms with E-state index in [1.807, 2.05) is 0 Å². The molecule has 0 radical (unpaired) electrons. The molecule has 1 saturated carbocycles. The van der Waals surface area contributed by atoms with Gasteiger partial charge in [0.1, 0.15) is 0 Å². The molecular weight excluding hydrogens is 399 g/mol. The predicted molar refractivity (Wildman–Crippen MR) is 121 cm³/mol. The van der Waals surface area contributed by atoms with Crippen molar-refractivity contribution in [3.63, 3.8) is 0 Å². The number of carboxylic acids is 1. The fourth-order valence-corrected chi connectivity index (χ4v) is 4.63. The van der Waals surface area contributed by atoms with Gasteiger partial charge in [-0.15, -0.1) is 0 Å². The van der Waals surface area contributed by atoms with Gasteiger partial charge in [0.2, 0.25) is 0 Å². The van der Waals surface area contributed by atoms with Crippen LogP contribution in [-0.4, -0.2) is 18.5 Å². The van der Waals surface area contributed by atoms with Gasteiger partial charge in [-0.25, -0.2) is 0 Å². The van der Waals surface area contributed by atoms with Crippen molar-refractivity contribution < 1.29 is 49.0 Å². The van der Waals surface area contributed by atoms with E-state index in [1.165, 1.54) is 89.9 Å². The number of unbranched alkanes of at least 4 members (excludes halogenated alkanes) is 15. The number of carboxylic acid groups (broad SMARTS) is 1. The number of hydrogen-bond acceptors (Lipinski definition) is 4. The van der Waals surface area contributed by atoms with Crippen molar-refractivity contribution in [2.24, 2.45) is 11.8 Å². The smallest absolute Gasteiger partial charge is 0.550 e. The number of esters is 1. The maximum atomic E-state index is 12.2. The van der Waals surface area contributed by atoms with Crippen molar-refractivity contribution in [3.8, 4) is 0 Å². The summed E-state index contributed by atoms with van der Waals surface area (Å²) in [6.45, 7) is 2.69. The molecule has 4 nitrogen and oxygen atoms in total. The summed E-state index contributed by atoms with van der Waals surface area (Å²) in [6, 6.07) is 0. The van der Waals surface area contributed by atoms with Crippen molar-refractivity contribution in [1.82, 2.24) is 0 Å². The largest absolute Gasteiger partial charge is 1.00 e. The Morgan fingerprint density at radius 3 is 1.48 bits per heavy atom. The van der Waals surface area contributed by atoms with Crippen LogP contribution >= 0.6 is 0 Å². The minimum absolute atomic E-state index is 0. The van der Waals surface area contributed by atoms with Crippen LogP contribution in [0.1, 0.15) is 135 Å². The first-order valence-electron chi connectivity index (χ1n) is 13.0. The Hall–Kier alpha value is -0.0600. The van der Waals surface area contributed by atoms with E-state index in [0.29, 0.717) is 19.4 Å². The number of hydrogen-bond donors (Lipinski definition) is 0. The summed E-state index contributed by atoms with van der Waals surface area (Å²) < 4.78 is 5.35. The molecule has 1 fully saturated rings. The van der Waals surface area contributed by atoms with Crippen LogP contribution in [0, 0.1) is 11.8 Å². The van der Waals surface area contributed by atoms with Gasteiger partial charge in [-0.05, 0) is 19.3 Å². The second-order valence-corrected chi connectivity index (χ2v) is 9.29. The Balaban J connectivity index is 0.00000900. The minimum atomic E-state index is -1.10. The third-order valence-corrected chi connectivity index (χ3v) is 6.61. The van der Waals surface area contributed by atoms with Crippen molar-refractivity contribution in [3.05, 3.63) is 0 Å². The first-order valence-corrected chi connectivity index (χ1v) is 13.0. The van der Waals surface area contributed by atoms with Crippen LogP contribution in [0.5, 0.6) is 0 Å². The second kappa shape index (κ2) is 21.8. The SMILES string of the molecule is CCCCCCCCCCCCCCCCCCOC(=O)C1CCCCC1C(=O)[O-].[Na+]. The topological polar surface area (TPSA) is 66.4 Å². The molecule has 0 amide bonds. The molecule has 1 rings (SSSR count). The van der Waals surface area contributed by atoms with Gasteiger partial charge in [-0.3, -0.25) is 4.79 Å². The van der Waals surface area contributed by atoms with Gasteiger partial charge in [0.25, 0.3) is 0 Å². The van der Waals surface area contributed by atoms with Crippen LogP contribution in [0.2, 0.25) is 0 Å². The zero-order valence-corrected chi connectivity index (χ0v) is 22.6. The summed E-state index contributed by atoms with van der Waals surface area (Å²) in [4.78, 5) is 23.3. The van der Waals surface area contributed by atoms with Crippen molar-refractivity contribution in [2.45, 2.75) is 135 Å². The molecule has 0 bridgehead atoms. The average Bonchev–Trinajstić information content (AvgIpc) is 2.75. The Labute approximate surface area is 214 Å². The Bertz CT molecular complexity index is 441. The van der Waals surface area contributed by atoms with Crippen LogP contribution in [0.3, 0.4) is 0 Å². The second-order valence-electron chi connectivity index (χ2n) is 9.29.